The number of H-pyrrole nitrogens is 1. The molecule has 24 heavy (non-hydrogen) atoms. The number of aryl methyl sites for hydroxylation is 1. The fourth-order valence-corrected chi connectivity index (χ4v) is 2.59. The summed E-state index contributed by atoms with van der Waals surface area (Å²) in [6.07, 6.45) is 4.54. The summed E-state index contributed by atoms with van der Waals surface area (Å²) in [6, 6.07) is 5.84. The van der Waals surface area contributed by atoms with Crippen molar-refractivity contribution in [2.45, 2.75) is 45.6 Å². The lowest BCUT2D eigenvalue weighted by molar-refractivity contribution is 0.0685. The molecule has 0 saturated heterocycles. The molecular formula is C17H24N6O. The van der Waals surface area contributed by atoms with E-state index in [9.17, 15) is 5.11 Å². The zero-order valence-electron chi connectivity index (χ0n) is 14.4. The zero-order valence-corrected chi connectivity index (χ0v) is 14.4. The normalized spacial score (nSPS) is 12.0. The Balaban J connectivity index is 1.67. The summed E-state index contributed by atoms with van der Waals surface area (Å²) < 4.78 is 1.80. The third-order valence-corrected chi connectivity index (χ3v) is 3.85. The molecule has 0 aliphatic carbocycles. The third-order valence-electron chi connectivity index (χ3n) is 3.85. The zero-order chi connectivity index (χ0) is 17.2. The number of fused-ring (bicyclic) bond motifs is 1. The van der Waals surface area contributed by atoms with E-state index in [-0.39, 0.29) is 0 Å². The molecule has 0 spiro atoms. The lowest BCUT2D eigenvalue weighted by Gasteiger charge is -2.16. The SMILES string of the molecule is Cc1cc(-c2cnc3ccc(NCCCCC(C)(C)O)nn23)n[nH]1. The maximum Gasteiger partial charge on any atom is 0.154 e. The molecule has 3 aromatic heterocycles. The number of aliphatic hydroxyl groups is 1. The predicted molar refractivity (Wildman–Crippen MR) is 93.9 cm³/mol. The lowest BCUT2D eigenvalue weighted by atomic mass is 10.0. The Bertz CT molecular complexity index is 814. The molecule has 3 rings (SSSR count). The van der Waals surface area contributed by atoms with Gasteiger partial charge in [0.05, 0.1) is 11.8 Å². The van der Waals surface area contributed by atoms with E-state index in [1.165, 1.54) is 0 Å². The van der Waals surface area contributed by atoms with Crippen LogP contribution in [0.25, 0.3) is 17.0 Å². The van der Waals surface area contributed by atoms with Crippen molar-refractivity contribution in [1.29, 1.82) is 0 Å². The van der Waals surface area contributed by atoms with Gasteiger partial charge in [0.1, 0.15) is 17.2 Å². The first-order valence-electron chi connectivity index (χ1n) is 8.26. The van der Waals surface area contributed by atoms with Crippen molar-refractivity contribution in [3.05, 3.63) is 30.1 Å². The van der Waals surface area contributed by atoms with Crippen molar-refractivity contribution < 1.29 is 5.11 Å². The van der Waals surface area contributed by atoms with Gasteiger partial charge in [-0.25, -0.2) is 9.50 Å². The molecule has 0 radical (unpaired) electrons. The molecule has 0 aromatic carbocycles. The Morgan fingerprint density at radius 3 is 2.83 bits per heavy atom. The van der Waals surface area contributed by atoms with Crippen LogP contribution in [0, 0.1) is 6.92 Å². The molecule has 128 valence electrons. The predicted octanol–water partition coefficient (Wildman–Crippen LogP) is 2.78. The largest absolute Gasteiger partial charge is 0.390 e. The average molecular weight is 328 g/mol. The van der Waals surface area contributed by atoms with Gasteiger partial charge >= 0.3 is 0 Å². The summed E-state index contributed by atoms with van der Waals surface area (Å²) in [5.41, 5.74) is 2.89. The van der Waals surface area contributed by atoms with Crippen LogP contribution in [0.15, 0.2) is 24.4 Å². The van der Waals surface area contributed by atoms with Gasteiger partial charge in [-0.05, 0) is 58.2 Å². The number of aromatic amines is 1. The van der Waals surface area contributed by atoms with Crippen LogP contribution in [0.2, 0.25) is 0 Å². The first-order valence-corrected chi connectivity index (χ1v) is 8.26. The lowest BCUT2D eigenvalue weighted by Crippen LogP contribution is -2.18. The van der Waals surface area contributed by atoms with Crippen molar-refractivity contribution in [2.24, 2.45) is 0 Å². The number of unbranched alkanes of at least 4 members (excludes halogenated alkanes) is 1. The molecule has 0 saturated carbocycles. The maximum absolute atomic E-state index is 9.72. The van der Waals surface area contributed by atoms with Crippen LogP contribution in [0.5, 0.6) is 0 Å². The Morgan fingerprint density at radius 1 is 1.29 bits per heavy atom. The summed E-state index contributed by atoms with van der Waals surface area (Å²) in [5.74, 6) is 0.803. The molecule has 0 fully saturated rings. The molecule has 7 heteroatoms. The van der Waals surface area contributed by atoms with Crippen LogP contribution in [0.1, 0.15) is 38.8 Å². The molecule has 3 N–H and O–H groups in total. The molecule has 0 aliphatic heterocycles. The number of nitrogens with one attached hydrogen (secondary N) is 2. The quantitative estimate of drug-likeness (QED) is 0.580. The van der Waals surface area contributed by atoms with Crippen LogP contribution in [-0.2, 0) is 0 Å². The second kappa shape index (κ2) is 6.60. The number of rotatable bonds is 7. The molecule has 0 amide bonds. The van der Waals surface area contributed by atoms with Crippen LogP contribution in [0.4, 0.5) is 5.82 Å². The minimum Gasteiger partial charge on any atom is -0.390 e. The Labute approximate surface area is 141 Å². The standard InChI is InChI=1S/C17H24N6O/c1-12-10-13(21-20-12)14-11-19-16-7-6-15(22-23(14)16)18-9-5-4-8-17(2,3)24/h6-7,10-11,24H,4-5,8-9H2,1-3H3,(H,18,22)(H,20,21). The first-order chi connectivity index (χ1) is 11.4. The molecule has 3 aromatic rings. The molecule has 0 bridgehead atoms. The highest BCUT2D eigenvalue weighted by molar-refractivity contribution is 5.60. The summed E-state index contributed by atoms with van der Waals surface area (Å²) in [5, 5.41) is 24.9. The van der Waals surface area contributed by atoms with E-state index >= 15 is 0 Å². The van der Waals surface area contributed by atoms with Crippen molar-refractivity contribution in [3.63, 3.8) is 0 Å². The maximum atomic E-state index is 9.72. The number of aromatic nitrogens is 5. The molecule has 7 nitrogen and oxygen atoms in total. The van der Waals surface area contributed by atoms with Crippen molar-refractivity contribution in [3.8, 4) is 11.4 Å². The number of nitrogens with zero attached hydrogens (tertiary/aromatic N) is 4. The van der Waals surface area contributed by atoms with Gasteiger partial charge in [-0.15, -0.1) is 5.10 Å². The number of imidazole rings is 1. The van der Waals surface area contributed by atoms with Crippen LogP contribution >= 0.6 is 0 Å². The van der Waals surface area contributed by atoms with Gasteiger partial charge in [-0.2, -0.15) is 5.10 Å². The van der Waals surface area contributed by atoms with Crippen molar-refractivity contribution in [2.75, 3.05) is 11.9 Å². The van der Waals surface area contributed by atoms with Gasteiger partial charge in [0, 0.05) is 12.2 Å². The fourth-order valence-electron chi connectivity index (χ4n) is 2.59. The highest BCUT2D eigenvalue weighted by atomic mass is 16.3. The van der Waals surface area contributed by atoms with E-state index in [2.05, 4.69) is 25.6 Å². The first kappa shape index (κ1) is 16.4. The highest BCUT2D eigenvalue weighted by Gasteiger charge is 2.12. The van der Waals surface area contributed by atoms with E-state index in [1.54, 1.807) is 10.7 Å². The molecule has 0 aliphatic rings. The number of anilines is 1. The number of hydrogen-bond donors (Lipinski definition) is 3. The fraction of sp³-hybridized carbons (Fsp3) is 0.471. The topological polar surface area (TPSA) is 91.1 Å². The smallest absolute Gasteiger partial charge is 0.154 e. The van der Waals surface area contributed by atoms with E-state index < -0.39 is 5.60 Å². The van der Waals surface area contributed by atoms with Gasteiger partial charge in [0.25, 0.3) is 0 Å². The second-order valence-corrected chi connectivity index (χ2v) is 6.76. The third kappa shape index (κ3) is 3.91. The average Bonchev–Trinajstić information content (AvgIpc) is 3.11. The highest BCUT2D eigenvalue weighted by Crippen LogP contribution is 2.19. The van der Waals surface area contributed by atoms with Crippen molar-refractivity contribution >= 4 is 11.5 Å². The molecule has 3 heterocycles. The Kier molecular flexibility index (Phi) is 4.53. The summed E-state index contributed by atoms with van der Waals surface area (Å²) in [7, 11) is 0. The van der Waals surface area contributed by atoms with Gasteiger partial charge in [-0.3, -0.25) is 5.10 Å². The molecule has 0 unspecified atom stereocenters. The van der Waals surface area contributed by atoms with Crippen LogP contribution in [0.3, 0.4) is 0 Å². The van der Waals surface area contributed by atoms with Gasteiger partial charge in [-0.1, -0.05) is 0 Å². The molecule has 0 atom stereocenters. The summed E-state index contributed by atoms with van der Waals surface area (Å²) in [4.78, 5) is 4.37. The van der Waals surface area contributed by atoms with E-state index in [1.807, 2.05) is 39.0 Å². The van der Waals surface area contributed by atoms with Crippen LogP contribution in [-0.4, -0.2) is 42.0 Å². The van der Waals surface area contributed by atoms with Gasteiger partial charge in [0.2, 0.25) is 0 Å². The van der Waals surface area contributed by atoms with Gasteiger partial charge < -0.3 is 10.4 Å². The van der Waals surface area contributed by atoms with E-state index in [0.29, 0.717) is 0 Å². The Morgan fingerprint density at radius 2 is 2.12 bits per heavy atom. The van der Waals surface area contributed by atoms with E-state index in [0.717, 1.165) is 54.4 Å². The second-order valence-electron chi connectivity index (χ2n) is 6.76. The monoisotopic (exact) mass is 328 g/mol. The number of hydrogen-bond acceptors (Lipinski definition) is 5. The minimum absolute atomic E-state index is 0.593. The van der Waals surface area contributed by atoms with Gasteiger partial charge in [0.15, 0.2) is 5.65 Å². The Hall–Kier alpha value is -2.41. The van der Waals surface area contributed by atoms with Crippen molar-refractivity contribution in [1.82, 2.24) is 24.8 Å². The summed E-state index contributed by atoms with van der Waals surface area (Å²) in [6.45, 7) is 6.47. The summed E-state index contributed by atoms with van der Waals surface area (Å²) >= 11 is 0. The van der Waals surface area contributed by atoms with E-state index in [4.69, 9.17) is 0 Å². The minimum atomic E-state index is -0.593. The molecular weight excluding hydrogens is 304 g/mol. The van der Waals surface area contributed by atoms with Crippen LogP contribution < -0.4 is 5.32 Å².